The Bertz CT molecular complexity index is 1160. The van der Waals surface area contributed by atoms with Gasteiger partial charge in [0.1, 0.15) is 17.3 Å². The van der Waals surface area contributed by atoms with Crippen molar-refractivity contribution >= 4 is 15.8 Å². The zero-order valence-electron chi connectivity index (χ0n) is 14.9. The number of rotatable bonds is 5. The number of alkyl halides is 2. The highest BCUT2D eigenvalue weighted by Gasteiger charge is 2.50. The minimum Gasteiger partial charge on any atom is -0.481 e. The van der Waals surface area contributed by atoms with Crippen LogP contribution in [0, 0.1) is 17.1 Å². The second kappa shape index (κ2) is 7.08. The third kappa shape index (κ3) is 4.05. The van der Waals surface area contributed by atoms with Gasteiger partial charge in [-0.2, -0.15) is 5.26 Å². The van der Waals surface area contributed by atoms with Gasteiger partial charge in [0.05, 0.1) is 28.5 Å². The second-order valence-corrected chi connectivity index (χ2v) is 8.70. The first-order chi connectivity index (χ1) is 13.4. The van der Waals surface area contributed by atoms with Gasteiger partial charge >= 0.3 is 5.97 Å². The maximum atomic E-state index is 14.8. The lowest BCUT2D eigenvalue weighted by Crippen LogP contribution is -2.11. The van der Waals surface area contributed by atoms with Crippen molar-refractivity contribution in [3.05, 3.63) is 52.8 Å². The molecule has 0 saturated carbocycles. The Morgan fingerprint density at radius 2 is 2.03 bits per heavy atom. The maximum Gasteiger partial charge on any atom is 0.303 e. The summed E-state index contributed by atoms with van der Waals surface area (Å²) >= 11 is 0. The lowest BCUT2D eigenvalue weighted by Gasteiger charge is -2.18. The van der Waals surface area contributed by atoms with Crippen LogP contribution in [0.15, 0.2) is 35.2 Å². The Balaban J connectivity index is 2.21. The van der Waals surface area contributed by atoms with E-state index in [1.165, 1.54) is 0 Å². The van der Waals surface area contributed by atoms with E-state index in [1.807, 2.05) is 0 Å². The molecule has 1 N–H and O–H groups in total. The second-order valence-electron chi connectivity index (χ2n) is 6.72. The van der Waals surface area contributed by atoms with Gasteiger partial charge in [-0.05, 0) is 29.8 Å². The number of ether oxygens (including phenoxy) is 1. The van der Waals surface area contributed by atoms with Crippen molar-refractivity contribution in [2.45, 2.75) is 29.6 Å². The Morgan fingerprint density at radius 3 is 2.62 bits per heavy atom. The molecule has 6 nitrogen and oxygen atoms in total. The van der Waals surface area contributed by atoms with Gasteiger partial charge in [0.15, 0.2) is 9.84 Å². The first-order valence-corrected chi connectivity index (χ1v) is 10.2. The van der Waals surface area contributed by atoms with Crippen LogP contribution in [0.3, 0.4) is 0 Å². The van der Waals surface area contributed by atoms with E-state index in [9.17, 15) is 26.4 Å². The first-order valence-electron chi connectivity index (χ1n) is 8.28. The number of benzene rings is 2. The van der Waals surface area contributed by atoms with Crippen LogP contribution in [0.2, 0.25) is 0 Å². The number of carboxylic acid groups (broad SMARTS) is 1. The number of nitrogens with zero attached hydrogens (tertiary/aromatic N) is 1. The lowest BCUT2D eigenvalue weighted by molar-refractivity contribution is -0.137. The van der Waals surface area contributed by atoms with Crippen LogP contribution in [0.25, 0.3) is 0 Å². The van der Waals surface area contributed by atoms with Crippen LogP contribution in [0.5, 0.6) is 11.5 Å². The number of hydrogen-bond donors (Lipinski definition) is 1. The van der Waals surface area contributed by atoms with Crippen LogP contribution in [0.4, 0.5) is 13.2 Å². The molecule has 0 bridgehead atoms. The van der Waals surface area contributed by atoms with Crippen molar-refractivity contribution < 1.29 is 36.2 Å². The summed E-state index contributed by atoms with van der Waals surface area (Å²) in [6, 6.07) is 6.75. The third-order valence-corrected chi connectivity index (χ3v) is 5.65. The van der Waals surface area contributed by atoms with Crippen molar-refractivity contribution in [3.8, 4) is 17.6 Å². The molecule has 3 rings (SSSR count). The molecular formula is C19H14F3NO5S. The predicted molar refractivity (Wildman–Crippen MR) is 94.2 cm³/mol. The Labute approximate surface area is 164 Å². The molecule has 0 heterocycles. The third-order valence-electron chi connectivity index (χ3n) is 4.49. The molecule has 1 atom stereocenters. The van der Waals surface area contributed by atoms with Crippen LogP contribution in [-0.4, -0.2) is 25.7 Å². The molecule has 2 aromatic carbocycles. The van der Waals surface area contributed by atoms with Gasteiger partial charge in [0.25, 0.3) is 5.92 Å². The molecule has 0 aliphatic heterocycles. The summed E-state index contributed by atoms with van der Waals surface area (Å²) < 4.78 is 72.9. The van der Waals surface area contributed by atoms with E-state index in [0.29, 0.717) is 0 Å². The molecule has 29 heavy (non-hydrogen) atoms. The number of halogens is 3. The smallest absolute Gasteiger partial charge is 0.303 e. The van der Waals surface area contributed by atoms with E-state index >= 15 is 0 Å². The summed E-state index contributed by atoms with van der Waals surface area (Å²) in [5, 5.41) is 18.0. The average molecular weight is 425 g/mol. The van der Waals surface area contributed by atoms with Crippen LogP contribution >= 0.6 is 0 Å². The summed E-state index contributed by atoms with van der Waals surface area (Å²) in [5.41, 5.74) is -1.15. The fourth-order valence-electron chi connectivity index (χ4n) is 3.48. The van der Waals surface area contributed by atoms with E-state index in [2.05, 4.69) is 0 Å². The Hall–Kier alpha value is -3.06. The number of carbonyl (C=O) groups is 1. The lowest BCUT2D eigenvalue weighted by atomic mass is 9.97. The predicted octanol–water partition coefficient (Wildman–Crippen LogP) is 3.95. The molecule has 0 aromatic heterocycles. The standard InChI is InChI=1S/C19H14F3NO5S/c1-29(26,27)15-3-2-14(28-13-5-10(9-23)4-12(20)7-13)18-17(15)11(6-16(24)25)8-19(18,21)22/h2-5,7,11H,6,8H2,1H3,(H,24,25)/t11-/m1/s1. The topological polar surface area (TPSA) is 104 Å². The minimum absolute atomic E-state index is 0.0973. The van der Waals surface area contributed by atoms with E-state index in [4.69, 9.17) is 15.1 Å². The normalized spacial score (nSPS) is 17.4. The zero-order chi connectivity index (χ0) is 21.6. The summed E-state index contributed by atoms with van der Waals surface area (Å²) in [5.74, 6) is -7.63. The van der Waals surface area contributed by atoms with Gasteiger partial charge in [0.2, 0.25) is 0 Å². The molecule has 1 aliphatic rings. The number of carboxylic acids is 1. The SMILES string of the molecule is CS(=O)(=O)c1ccc(Oc2cc(F)cc(C#N)c2)c2c1[C@H](CC(=O)O)CC2(F)F. The van der Waals surface area contributed by atoms with Gasteiger partial charge in [-0.25, -0.2) is 21.6 Å². The van der Waals surface area contributed by atoms with Crippen molar-refractivity contribution in [2.24, 2.45) is 0 Å². The van der Waals surface area contributed by atoms with Crippen molar-refractivity contribution in [1.29, 1.82) is 5.26 Å². The summed E-state index contributed by atoms with van der Waals surface area (Å²) in [6.45, 7) is 0. The van der Waals surface area contributed by atoms with E-state index in [0.717, 1.165) is 36.6 Å². The first kappa shape index (κ1) is 20.7. The molecular weight excluding hydrogens is 411 g/mol. The molecule has 1 aliphatic carbocycles. The average Bonchev–Trinajstić information content (AvgIpc) is 2.84. The molecule has 152 valence electrons. The largest absolute Gasteiger partial charge is 0.481 e. The number of nitriles is 1. The molecule has 0 amide bonds. The number of aliphatic carboxylic acids is 1. The molecule has 0 unspecified atom stereocenters. The molecule has 10 heteroatoms. The number of fused-ring (bicyclic) bond motifs is 1. The van der Waals surface area contributed by atoms with Crippen molar-refractivity contribution in [3.63, 3.8) is 0 Å². The van der Waals surface area contributed by atoms with Crippen LogP contribution in [-0.2, 0) is 20.6 Å². The van der Waals surface area contributed by atoms with Crippen molar-refractivity contribution in [2.75, 3.05) is 6.26 Å². The van der Waals surface area contributed by atoms with Crippen LogP contribution < -0.4 is 4.74 Å². The highest BCUT2D eigenvalue weighted by Crippen LogP contribution is 2.55. The molecule has 2 aromatic rings. The molecule has 0 spiro atoms. The Morgan fingerprint density at radius 1 is 1.34 bits per heavy atom. The summed E-state index contributed by atoms with van der Waals surface area (Å²) in [6.07, 6.45) is -0.750. The van der Waals surface area contributed by atoms with Gasteiger partial charge in [-0.1, -0.05) is 0 Å². The van der Waals surface area contributed by atoms with Gasteiger partial charge in [-0.15, -0.1) is 0 Å². The molecule has 0 fully saturated rings. The van der Waals surface area contributed by atoms with E-state index in [-0.39, 0.29) is 16.9 Å². The van der Waals surface area contributed by atoms with Gasteiger partial charge < -0.3 is 9.84 Å². The van der Waals surface area contributed by atoms with E-state index in [1.54, 1.807) is 6.07 Å². The Kier molecular flexibility index (Phi) is 5.04. The quantitative estimate of drug-likeness (QED) is 0.778. The number of sulfone groups is 1. The fraction of sp³-hybridized carbons (Fsp3) is 0.263. The summed E-state index contributed by atoms with van der Waals surface area (Å²) in [4.78, 5) is 10.7. The molecule has 0 saturated heterocycles. The molecule has 0 radical (unpaired) electrons. The highest BCUT2D eigenvalue weighted by molar-refractivity contribution is 7.90. The zero-order valence-corrected chi connectivity index (χ0v) is 15.8. The van der Waals surface area contributed by atoms with Crippen molar-refractivity contribution in [1.82, 2.24) is 0 Å². The van der Waals surface area contributed by atoms with Gasteiger partial charge in [0, 0.05) is 24.7 Å². The van der Waals surface area contributed by atoms with Gasteiger partial charge in [-0.3, -0.25) is 4.79 Å². The van der Waals surface area contributed by atoms with Crippen LogP contribution in [0.1, 0.15) is 35.4 Å². The summed E-state index contributed by atoms with van der Waals surface area (Å²) in [7, 11) is -3.94. The van der Waals surface area contributed by atoms with E-state index < -0.39 is 62.5 Å². The maximum absolute atomic E-state index is 14.8. The number of hydrogen-bond acceptors (Lipinski definition) is 5. The highest BCUT2D eigenvalue weighted by atomic mass is 32.2. The monoisotopic (exact) mass is 425 g/mol. The minimum atomic E-state index is -3.94. The fourth-order valence-corrected chi connectivity index (χ4v) is 4.47.